The average molecular weight is 919 g/mol. The normalized spacial score (nSPS) is 18.8. The fraction of sp³-hybridized carbons (Fsp3) is 0.467. The molecule has 7 rings (SSSR count). The zero-order valence-electron chi connectivity index (χ0n) is 38.1. The van der Waals surface area contributed by atoms with Crippen LogP contribution in [-0.4, -0.2) is 87.3 Å². The van der Waals surface area contributed by atoms with E-state index in [1.807, 2.05) is 104 Å². The zero-order valence-corrected chi connectivity index (χ0v) is 43.7. The summed E-state index contributed by atoms with van der Waals surface area (Å²) in [6, 6.07) is 28.5. The van der Waals surface area contributed by atoms with Crippen molar-refractivity contribution >= 4 is 45.4 Å². The first kappa shape index (κ1) is 52.2. The third-order valence-electron chi connectivity index (χ3n) is 12.9. The molecular weight excluding hydrogens is 864 g/mol. The van der Waals surface area contributed by atoms with E-state index in [2.05, 4.69) is 36.4 Å². The summed E-state index contributed by atoms with van der Waals surface area (Å²) in [4.78, 5) is 0. The summed E-state index contributed by atoms with van der Waals surface area (Å²) in [7, 11) is -9.85. The Morgan fingerprint density at radius 3 is 1.11 bits per heavy atom. The summed E-state index contributed by atoms with van der Waals surface area (Å²) in [5, 5.41) is 0. The average Bonchev–Trinajstić information content (AvgIpc) is 3.68. The van der Waals surface area contributed by atoms with Gasteiger partial charge in [0.2, 0.25) is 0 Å². The summed E-state index contributed by atoms with van der Waals surface area (Å²) in [5.74, 6) is 0.308. The van der Waals surface area contributed by atoms with Gasteiger partial charge in [-0.05, 0) is 150 Å². The van der Waals surface area contributed by atoms with E-state index in [1.54, 1.807) is 0 Å². The predicted octanol–water partition coefficient (Wildman–Crippen LogP) is 0.0645. The van der Waals surface area contributed by atoms with E-state index >= 15 is 0 Å². The molecule has 0 aromatic heterocycles. The number of rotatable bonds is 16. The van der Waals surface area contributed by atoms with Gasteiger partial charge in [0.15, 0.2) is 0 Å². The first-order chi connectivity index (χ1) is 28.4. The fourth-order valence-corrected chi connectivity index (χ4v) is 9.26. The van der Waals surface area contributed by atoms with Crippen molar-refractivity contribution in [2.24, 2.45) is 0 Å². The maximum absolute atomic E-state index is 11.1. The Morgan fingerprint density at radius 1 is 0.492 bits per heavy atom. The van der Waals surface area contributed by atoms with Crippen LogP contribution in [0.3, 0.4) is 0 Å². The molecule has 326 valence electrons. The van der Waals surface area contributed by atoms with Gasteiger partial charge >= 0.3 is 73.4 Å². The molecule has 2 fully saturated rings. The van der Waals surface area contributed by atoms with Crippen LogP contribution in [-0.2, 0) is 44.3 Å². The molecule has 4 aromatic carbocycles. The Balaban J connectivity index is 0.00000374. The van der Waals surface area contributed by atoms with Crippen LogP contribution in [0.25, 0.3) is 11.1 Å². The quantitative estimate of drug-likeness (QED) is 0.0743. The Kier molecular flexibility index (Phi) is 16.1. The van der Waals surface area contributed by atoms with Crippen LogP contribution in [0.4, 0.5) is 0 Å². The van der Waals surface area contributed by atoms with Gasteiger partial charge in [0.1, 0.15) is 11.5 Å². The van der Waals surface area contributed by atoms with E-state index in [4.69, 9.17) is 28.1 Å². The van der Waals surface area contributed by atoms with Crippen molar-refractivity contribution in [3.05, 3.63) is 107 Å². The first-order valence-electron chi connectivity index (χ1n) is 20.8. The van der Waals surface area contributed by atoms with Gasteiger partial charge in [-0.25, -0.2) is 16.8 Å². The van der Waals surface area contributed by atoms with Gasteiger partial charge in [-0.15, -0.1) is 0 Å². The standard InChI is InChI=1S/C45H56B2O12S2.2Na/c1-41(2)42(3,4)57-46(56-41)33-17-23-37-38-24-18-34(47-58-43(5,6)44(7,8)59-47)30-40(38)45(39(37)29-33,31-13-19-35(20-14-31)54-25-9-11-27-60(48,49)50)32-15-21-36(22-16-32)55-26-10-12-28-61(51,52)53;;/h13-24,29-30H,9-12,25-28H2,1-8H3,(H,48,49,50)(H,51,52,53);;/q;2*+1/p-2. The molecule has 2 heterocycles. The van der Waals surface area contributed by atoms with Gasteiger partial charge in [0.05, 0.1) is 61.3 Å². The van der Waals surface area contributed by atoms with E-state index in [9.17, 15) is 25.9 Å². The summed E-state index contributed by atoms with van der Waals surface area (Å²) in [5.41, 5.74) is 4.47. The fourth-order valence-electron chi connectivity index (χ4n) is 8.14. The summed E-state index contributed by atoms with van der Waals surface area (Å²) >= 11 is 0. The van der Waals surface area contributed by atoms with E-state index in [0.717, 1.165) is 44.3 Å². The second kappa shape index (κ2) is 19.5. The molecule has 0 amide bonds. The number of hydrogen-bond donors (Lipinski definition) is 0. The molecule has 2 saturated heterocycles. The molecule has 4 aromatic rings. The SMILES string of the molecule is CC1(C)OB(c2ccc3c(c2)C(c2ccc(OCCCCS(=O)(=O)[O-])cc2)(c2ccc(OCCCCS(=O)(=O)[O-])cc2)c2cc(B4OC(C)(C)C(C)(C)O4)ccc2-3)OC1(C)C.[Na+].[Na+]. The molecule has 12 nitrogen and oxygen atoms in total. The number of ether oxygens (including phenoxy) is 2. The molecule has 2 aliphatic heterocycles. The van der Waals surface area contributed by atoms with Gasteiger partial charge in [-0.1, -0.05) is 60.7 Å². The Bertz CT molecular complexity index is 2280. The zero-order chi connectivity index (χ0) is 44.2. The molecule has 0 spiro atoms. The van der Waals surface area contributed by atoms with Crippen LogP contribution in [0.5, 0.6) is 11.5 Å². The van der Waals surface area contributed by atoms with Crippen LogP contribution >= 0.6 is 0 Å². The minimum atomic E-state index is -4.30. The molecule has 0 bridgehead atoms. The van der Waals surface area contributed by atoms with Crippen molar-refractivity contribution in [3.63, 3.8) is 0 Å². The van der Waals surface area contributed by atoms with Crippen molar-refractivity contribution in [2.45, 2.75) is 109 Å². The number of benzene rings is 4. The number of hydrogen-bond acceptors (Lipinski definition) is 12. The van der Waals surface area contributed by atoms with Crippen molar-refractivity contribution in [3.8, 4) is 22.6 Å². The summed E-state index contributed by atoms with van der Waals surface area (Å²) < 4.78 is 105. The minimum Gasteiger partial charge on any atom is -0.748 e. The Hall–Kier alpha value is -1.73. The smallest absolute Gasteiger partial charge is 0.748 e. The minimum absolute atomic E-state index is 0. The van der Waals surface area contributed by atoms with Gasteiger partial charge in [0, 0.05) is 11.5 Å². The molecular formula is C45H54B2Na2O12S2. The second-order valence-corrected chi connectivity index (χ2v) is 21.3. The predicted molar refractivity (Wildman–Crippen MR) is 234 cm³/mol. The third-order valence-corrected chi connectivity index (χ3v) is 14.5. The number of fused-ring (bicyclic) bond motifs is 3. The largest absolute Gasteiger partial charge is 1.00 e. The molecule has 0 N–H and O–H groups in total. The Labute approximate surface area is 418 Å². The van der Waals surface area contributed by atoms with E-state index in [0.29, 0.717) is 24.3 Å². The van der Waals surface area contributed by atoms with Crippen molar-refractivity contribution in [1.82, 2.24) is 0 Å². The molecule has 3 aliphatic rings. The van der Waals surface area contributed by atoms with Gasteiger partial charge in [-0.3, -0.25) is 0 Å². The molecule has 0 radical (unpaired) electrons. The molecule has 1 aliphatic carbocycles. The molecule has 0 unspecified atom stereocenters. The topological polar surface area (TPSA) is 170 Å². The van der Waals surface area contributed by atoms with Crippen molar-refractivity contribution < 1.29 is 113 Å². The maximum atomic E-state index is 11.1. The van der Waals surface area contributed by atoms with Crippen LogP contribution in [0.1, 0.15) is 103 Å². The Morgan fingerprint density at radius 2 is 0.810 bits per heavy atom. The second-order valence-electron chi connectivity index (χ2n) is 18.2. The monoisotopic (exact) mass is 918 g/mol. The molecule has 18 heteroatoms. The van der Waals surface area contributed by atoms with Gasteiger partial charge in [-0.2, -0.15) is 0 Å². The molecule has 0 saturated carbocycles. The van der Waals surface area contributed by atoms with Gasteiger partial charge < -0.3 is 37.2 Å². The van der Waals surface area contributed by atoms with Crippen molar-refractivity contribution in [2.75, 3.05) is 24.7 Å². The van der Waals surface area contributed by atoms with E-state index in [1.165, 1.54) is 0 Å². The van der Waals surface area contributed by atoms with Crippen LogP contribution in [0, 0.1) is 0 Å². The summed E-state index contributed by atoms with van der Waals surface area (Å²) in [6.45, 7) is 16.7. The van der Waals surface area contributed by atoms with Crippen LogP contribution in [0.15, 0.2) is 84.9 Å². The first-order valence-corrected chi connectivity index (χ1v) is 23.9. The molecule has 63 heavy (non-hydrogen) atoms. The maximum Gasteiger partial charge on any atom is 1.00 e. The van der Waals surface area contributed by atoms with Crippen LogP contribution < -0.4 is 79.5 Å². The van der Waals surface area contributed by atoms with Crippen LogP contribution in [0.2, 0.25) is 0 Å². The summed E-state index contributed by atoms with van der Waals surface area (Å²) in [6.07, 6.45) is 1.23. The molecule has 0 atom stereocenters. The van der Waals surface area contributed by atoms with Gasteiger partial charge in [0.25, 0.3) is 0 Å². The third kappa shape index (κ3) is 11.0. The van der Waals surface area contributed by atoms with Crippen molar-refractivity contribution in [1.29, 1.82) is 0 Å². The van der Waals surface area contributed by atoms with E-state index < -0.39 is 73.8 Å². The van der Waals surface area contributed by atoms with E-state index in [-0.39, 0.29) is 85.2 Å². The number of unbranched alkanes of at least 4 members (excludes halogenated alkanes) is 2.